The molecular weight excluding hydrogens is 873 g/mol. The van der Waals surface area contributed by atoms with E-state index in [2.05, 4.69) is 15.6 Å². The third kappa shape index (κ3) is 8.43. The number of phenols is 2. The molecule has 9 atom stereocenters. The molecule has 1 aliphatic carbocycles. The maximum absolute atomic E-state index is 13.9. The number of hydrogen-bond donors (Lipinski definition) is 12. The fourth-order valence-electron chi connectivity index (χ4n) is 9.26. The number of nitrogen functional groups attached to an aromatic ring is 1. The van der Waals surface area contributed by atoms with Gasteiger partial charge in [-0.25, -0.2) is 4.79 Å². The van der Waals surface area contributed by atoms with E-state index in [1.165, 1.54) is 36.4 Å². The molecular formula is C48H48N4O15. The summed E-state index contributed by atoms with van der Waals surface area (Å²) in [5, 5.41) is 96.6. The predicted octanol–water partition coefficient (Wildman–Crippen LogP) is 2.16. The quantitative estimate of drug-likeness (QED) is 0.0657. The number of ether oxygens (including phenoxy) is 4. The summed E-state index contributed by atoms with van der Waals surface area (Å²) in [6.45, 7) is -0.236. The SMILES string of the molecule is Nc1ccc(C(O)C(CO)Oc2ccc(-c3cc(=O)c4c(O)c(OCc5cccc(O)c5)c(OC5OC(C(=O)O)C6(O)C(C7CNCN7)C(Cc7ccccc7)=CC5(O)C6O)cc4o3)cc2)[nH]1. The van der Waals surface area contributed by atoms with Crippen molar-refractivity contribution in [3.8, 4) is 40.1 Å². The van der Waals surface area contributed by atoms with Crippen LogP contribution in [0, 0.1) is 5.92 Å². The van der Waals surface area contributed by atoms with Crippen molar-refractivity contribution in [1.82, 2.24) is 15.6 Å². The number of nitrogens with two attached hydrogens (primary N) is 1. The fourth-order valence-corrected chi connectivity index (χ4v) is 9.26. The largest absolute Gasteiger partial charge is 0.508 e. The zero-order valence-electron chi connectivity index (χ0n) is 35.5. The van der Waals surface area contributed by atoms with Crippen LogP contribution in [-0.4, -0.2) is 113 Å². The smallest absolute Gasteiger partial charge is 0.336 e. The first-order chi connectivity index (χ1) is 32.2. The highest BCUT2D eigenvalue weighted by Gasteiger charge is 2.71. The van der Waals surface area contributed by atoms with E-state index in [-0.39, 0.29) is 47.8 Å². The van der Waals surface area contributed by atoms with Crippen LogP contribution >= 0.6 is 0 Å². The Bertz CT molecular complexity index is 2860. The van der Waals surface area contributed by atoms with Crippen molar-refractivity contribution in [2.24, 2.45) is 5.92 Å². The molecule has 2 bridgehead atoms. The number of aliphatic hydroxyl groups is 5. The van der Waals surface area contributed by atoms with Gasteiger partial charge in [-0.2, -0.15) is 0 Å². The Balaban J connectivity index is 1.11. The van der Waals surface area contributed by atoms with Gasteiger partial charge in [-0.05, 0) is 72.2 Å². The van der Waals surface area contributed by atoms with E-state index in [9.17, 15) is 50.4 Å². The molecule has 2 fully saturated rings. The number of anilines is 1. The minimum absolute atomic E-state index is 0.00391. The van der Waals surface area contributed by atoms with Crippen molar-refractivity contribution in [3.63, 3.8) is 0 Å². The lowest BCUT2D eigenvalue weighted by Crippen LogP contribution is -2.79. The van der Waals surface area contributed by atoms with Crippen LogP contribution in [0.15, 0.2) is 124 Å². The molecule has 13 N–H and O–H groups in total. The van der Waals surface area contributed by atoms with E-state index in [1.54, 1.807) is 48.5 Å². The summed E-state index contributed by atoms with van der Waals surface area (Å²) in [6, 6.07) is 26.0. The number of carboxylic acids is 1. The van der Waals surface area contributed by atoms with Crippen LogP contribution in [0.5, 0.6) is 28.7 Å². The molecule has 2 aliphatic heterocycles. The number of aromatic hydroxyl groups is 2. The normalized spacial score (nSPS) is 25.6. The molecule has 2 aromatic heterocycles. The van der Waals surface area contributed by atoms with Crippen molar-refractivity contribution in [3.05, 3.63) is 142 Å². The summed E-state index contributed by atoms with van der Waals surface area (Å²) in [6.07, 6.45) is -7.42. The number of aromatic nitrogens is 1. The van der Waals surface area contributed by atoms with Gasteiger partial charge in [-0.3, -0.25) is 10.1 Å². The molecule has 19 nitrogen and oxygen atoms in total. The highest BCUT2D eigenvalue weighted by molar-refractivity contribution is 5.89. The van der Waals surface area contributed by atoms with Gasteiger partial charge in [-0.1, -0.05) is 48.0 Å². The highest BCUT2D eigenvalue weighted by atomic mass is 16.7. The molecule has 2 saturated heterocycles. The number of carboxylic acid groups (broad SMARTS) is 1. The van der Waals surface area contributed by atoms with Gasteiger partial charge in [-0.15, -0.1) is 0 Å². The summed E-state index contributed by atoms with van der Waals surface area (Å²) in [5.74, 6) is -3.96. The number of nitrogens with one attached hydrogen (secondary N) is 3. The molecule has 4 aromatic carbocycles. The number of carbonyl (C=O) groups is 1. The second kappa shape index (κ2) is 18.0. The molecule has 6 aromatic rings. The van der Waals surface area contributed by atoms with Gasteiger partial charge in [0.05, 0.1) is 6.61 Å². The molecule has 9 rings (SSSR count). The minimum Gasteiger partial charge on any atom is -0.508 e. The fraction of sp³-hybridized carbons (Fsp3) is 0.292. The van der Waals surface area contributed by atoms with Crippen LogP contribution in [0.4, 0.5) is 5.82 Å². The molecule has 9 unspecified atom stereocenters. The maximum Gasteiger partial charge on any atom is 0.336 e. The predicted molar refractivity (Wildman–Crippen MR) is 238 cm³/mol. The summed E-state index contributed by atoms with van der Waals surface area (Å²) in [7, 11) is 0. The maximum atomic E-state index is 13.9. The lowest BCUT2D eigenvalue weighted by Gasteiger charge is -2.58. The highest BCUT2D eigenvalue weighted by Crippen LogP contribution is 2.52. The third-order valence-electron chi connectivity index (χ3n) is 12.4. The van der Waals surface area contributed by atoms with Crippen molar-refractivity contribution in [1.29, 1.82) is 0 Å². The zero-order valence-corrected chi connectivity index (χ0v) is 35.5. The number of benzene rings is 4. The monoisotopic (exact) mass is 920 g/mol. The van der Waals surface area contributed by atoms with E-state index in [0.717, 1.165) is 11.6 Å². The number of phenolic OH excluding ortho intramolecular Hbond substituents is 2. The average molecular weight is 921 g/mol. The first-order valence-electron chi connectivity index (χ1n) is 21.3. The van der Waals surface area contributed by atoms with E-state index in [1.807, 2.05) is 18.2 Å². The van der Waals surface area contributed by atoms with E-state index in [4.69, 9.17) is 29.1 Å². The van der Waals surface area contributed by atoms with E-state index < -0.39 is 89.1 Å². The van der Waals surface area contributed by atoms with Crippen molar-refractivity contribution in [2.45, 2.75) is 61.0 Å². The molecule has 0 spiro atoms. The first kappa shape index (κ1) is 45.2. The Morgan fingerprint density at radius 3 is 2.39 bits per heavy atom. The number of aliphatic hydroxyl groups excluding tert-OH is 3. The van der Waals surface area contributed by atoms with Crippen molar-refractivity contribution in [2.75, 3.05) is 25.6 Å². The molecule has 0 radical (unpaired) electrons. The van der Waals surface area contributed by atoms with E-state index >= 15 is 0 Å². The lowest BCUT2D eigenvalue weighted by atomic mass is 9.59. The summed E-state index contributed by atoms with van der Waals surface area (Å²) in [4.78, 5) is 29.8. The average Bonchev–Trinajstić information content (AvgIpc) is 4.00. The van der Waals surface area contributed by atoms with Crippen molar-refractivity contribution >= 4 is 22.8 Å². The number of fused-ring (bicyclic) bond motifs is 3. The minimum atomic E-state index is -2.65. The standard InChI is InChI=1S/C48H48N4O15/c49-37-14-13-30(52-37)40(56)36(21-53)64-29-11-9-26(10-12-29)33-17-32(55)38-34(65-33)18-35(42(41(38)57)63-22-25-7-4-8-28(54)16-25)66-46-47(61)19-27(15-24-5-2-1-3-6-24)39(31-20-50-23-51-31)48(62,45(47)60)43(67-46)44(58)59/h1-14,16-19,31,36,39-40,43,45-46,50-54,56-57,60-62H,15,20-23,49H2,(H,58,59). The third-order valence-corrected chi connectivity index (χ3v) is 12.4. The Hall–Kier alpha value is -6.94. The van der Waals surface area contributed by atoms with Crippen molar-refractivity contribution < 1.29 is 69.0 Å². The van der Waals surface area contributed by atoms with Gasteiger partial charge in [0, 0.05) is 48.6 Å². The lowest BCUT2D eigenvalue weighted by molar-refractivity contribution is -0.344. The molecule has 3 aliphatic rings. The molecule has 350 valence electrons. The Morgan fingerprint density at radius 1 is 0.955 bits per heavy atom. The topological polar surface area (TPSA) is 312 Å². The van der Waals surface area contributed by atoms with Crippen LogP contribution < -0.4 is 36.0 Å². The van der Waals surface area contributed by atoms with E-state index in [0.29, 0.717) is 34.9 Å². The number of aliphatic carboxylic acids is 1. The Labute approximate surface area is 380 Å². The van der Waals surface area contributed by atoms with Crippen LogP contribution in [0.3, 0.4) is 0 Å². The first-order valence-corrected chi connectivity index (χ1v) is 21.3. The van der Waals surface area contributed by atoms with Gasteiger partial charge < -0.3 is 80.3 Å². The summed E-state index contributed by atoms with van der Waals surface area (Å²) < 4.78 is 30.4. The van der Waals surface area contributed by atoms with Gasteiger partial charge in [0.2, 0.25) is 12.0 Å². The van der Waals surface area contributed by atoms with Gasteiger partial charge >= 0.3 is 5.97 Å². The summed E-state index contributed by atoms with van der Waals surface area (Å²) >= 11 is 0. The number of rotatable bonds is 15. The second-order valence-corrected chi connectivity index (χ2v) is 16.8. The molecule has 67 heavy (non-hydrogen) atoms. The van der Waals surface area contributed by atoms with Crippen LogP contribution in [0.2, 0.25) is 0 Å². The molecule has 0 amide bonds. The number of H-pyrrole nitrogens is 1. The number of aromatic amines is 1. The second-order valence-electron chi connectivity index (χ2n) is 16.8. The van der Waals surface area contributed by atoms with Gasteiger partial charge in [0.15, 0.2) is 34.7 Å². The van der Waals surface area contributed by atoms with Crippen LogP contribution in [-0.2, 0) is 22.6 Å². The zero-order chi connectivity index (χ0) is 47.2. The van der Waals surface area contributed by atoms with Gasteiger partial charge in [0.25, 0.3) is 0 Å². The van der Waals surface area contributed by atoms with Gasteiger partial charge in [0.1, 0.15) is 58.5 Å². The molecule has 19 heteroatoms. The van der Waals surface area contributed by atoms with Crippen LogP contribution in [0.1, 0.15) is 22.9 Å². The Kier molecular flexibility index (Phi) is 12.2. The molecule has 0 saturated carbocycles. The van der Waals surface area contributed by atoms with Crippen LogP contribution in [0.25, 0.3) is 22.3 Å². The Morgan fingerprint density at radius 2 is 1.72 bits per heavy atom. The summed E-state index contributed by atoms with van der Waals surface area (Å²) in [5.41, 5.74) is 1.74. The molecule has 4 heterocycles. The number of hydrogen-bond acceptors (Lipinski definition) is 17.